The lowest BCUT2D eigenvalue weighted by atomic mass is 9.92. The van der Waals surface area contributed by atoms with Crippen LogP contribution in [0.5, 0.6) is 0 Å². The molecule has 0 amide bonds. The molecule has 140 valence electrons. The lowest BCUT2D eigenvalue weighted by Crippen LogP contribution is -2.20. The van der Waals surface area contributed by atoms with Crippen molar-refractivity contribution in [3.05, 3.63) is 59.7 Å². The van der Waals surface area contributed by atoms with Crippen molar-refractivity contribution in [1.82, 2.24) is 0 Å². The molecule has 0 nitrogen and oxygen atoms in total. The predicted octanol–water partition coefficient (Wildman–Crippen LogP) is 6.87. The first-order valence-electron chi connectivity index (χ1n) is 9.72. The normalized spacial score (nSPS) is 21.5. The summed E-state index contributed by atoms with van der Waals surface area (Å²) in [7, 11) is -0.660. The number of hydrogen-bond donors (Lipinski definition) is 0. The molecule has 2 aromatic carbocycles. The van der Waals surface area contributed by atoms with E-state index in [-0.39, 0.29) is 0 Å². The van der Waals surface area contributed by atoms with Crippen molar-refractivity contribution in [3.63, 3.8) is 0 Å². The van der Waals surface area contributed by atoms with Gasteiger partial charge >= 0.3 is 0 Å². The smallest absolute Gasteiger partial charge is 0.159 e. The van der Waals surface area contributed by atoms with E-state index in [4.69, 9.17) is 0 Å². The van der Waals surface area contributed by atoms with Crippen LogP contribution in [0.3, 0.4) is 0 Å². The van der Waals surface area contributed by atoms with E-state index in [1.54, 1.807) is 13.0 Å². The van der Waals surface area contributed by atoms with Gasteiger partial charge in [-0.05, 0) is 60.9 Å². The van der Waals surface area contributed by atoms with Gasteiger partial charge in [-0.2, -0.15) is 0 Å². The zero-order chi connectivity index (χ0) is 18.5. The van der Waals surface area contributed by atoms with E-state index in [2.05, 4.69) is 12.1 Å². The van der Waals surface area contributed by atoms with Gasteiger partial charge in [-0.1, -0.05) is 54.9 Å². The van der Waals surface area contributed by atoms with Crippen LogP contribution in [0, 0.1) is 11.6 Å². The molecule has 26 heavy (non-hydrogen) atoms. The number of halogens is 3. The minimum absolute atomic E-state index is 0.609. The Bertz CT molecular complexity index is 704. The van der Waals surface area contributed by atoms with Crippen LogP contribution in [-0.2, 0) is 0 Å². The van der Waals surface area contributed by atoms with Crippen LogP contribution in [0.1, 0.15) is 44.1 Å². The van der Waals surface area contributed by atoms with Crippen LogP contribution in [0.4, 0.5) is 13.2 Å². The molecular formula is C22H27F3Si. The van der Waals surface area contributed by atoms with E-state index in [1.807, 2.05) is 12.1 Å². The maximum absolute atomic E-state index is 13.4. The highest BCUT2D eigenvalue weighted by molar-refractivity contribution is 6.59. The third kappa shape index (κ3) is 5.00. The summed E-state index contributed by atoms with van der Waals surface area (Å²) in [6.45, 7) is 1.66. The van der Waals surface area contributed by atoms with Crippen LogP contribution < -0.4 is 0 Å². The zero-order valence-electron chi connectivity index (χ0n) is 15.4. The SMILES string of the molecule is CC(F)CCC[SiH]1CCC(c2ccc(-c3ccc(F)c(F)c3)cc2)CC1. The largest absolute Gasteiger partial charge is 0.248 e. The number of rotatable bonds is 6. The van der Waals surface area contributed by atoms with E-state index in [9.17, 15) is 13.2 Å². The second-order valence-electron chi connectivity index (χ2n) is 7.68. The molecule has 0 aliphatic carbocycles. The Morgan fingerprint density at radius 3 is 2.23 bits per heavy atom. The summed E-state index contributed by atoms with van der Waals surface area (Å²) in [5.41, 5.74) is 2.96. The molecule has 0 radical (unpaired) electrons. The van der Waals surface area contributed by atoms with E-state index in [0.717, 1.165) is 18.4 Å². The molecule has 1 fully saturated rings. The van der Waals surface area contributed by atoms with Gasteiger partial charge in [-0.15, -0.1) is 0 Å². The topological polar surface area (TPSA) is 0 Å². The molecule has 1 aliphatic heterocycles. The Kier molecular flexibility index (Phi) is 6.57. The highest BCUT2D eigenvalue weighted by atomic mass is 28.3. The highest BCUT2D eigenvalue weighted by Gasteiger charge is 2.23. The van der Waals surface area contributed by atoms with Gasteiger partial charge in [0.05, 0.1) is 6.17 Å². The van der Waals surface area contributed by atoms with E-state index < -0.39 is 26.6 Å². The van der Waals surface area contributed by atoms with Crippen LogP contribution in [0.2, 0.25) is 18.1 Å². The fourth-order valence-corrected chi connectivity index (χ4v) is 7.52. The maximum atomic E-state index is 13.4. The average Bonchev–Trinajstić information content (AvgIpc) is 2.64. The summed E-state index contributed by atoms with van der Waals surface area (Å²) in [5, 5.41) is 0. The van der Waals surface area contributed by atoms with Crippen molar-refractivity contribution >= 4 is 8.80 Å². The van der Waals surface area contributed by atoms with Gasteiger partial charge in [0.25, 0.3) is 0 Å². The van der Waals surface area contributed by atoms with Gasteiger partial charge in [0.1, 0.15) is 0 Å². The summed E-state index contributed by atoms with van der Waals surface area (Å²) in [6.07, 6.45) is 3.60. The summed E-state index contributed by atoms with van der Waals surface area (Å²) < 4.78 is 39.4. The molecule has 2 aromatic rings. The second-order valence-corrected chi connectivity index (χ2v) is 11.1. The minimum atomic E-state index is -0.813. The first kappa shape index (κ1) is 19.2. The first-order valence-corrected chi connectivity index (χ1v) is 12.2. The molecule has 0 aromatic heterocycles. The van der Waals surface area contributed by atoms with Gasteiger partial charge in [0.2, 0.25) is 0 Å². The van der Waals surface area contributed by atoms with Crippen molar-refractivity contribution in [2.75, 3.05) is 0 Å². The molecule has 3 rings (SSSR count). The Balaban J connectivity index is 1.55. The van der Waals surface area contributed by atoms with Crippen LogP contribution in [-0.4, -0.2) is 15.0 Å². The Hall–Kier alpha value is -1.55. The monoisotopic (exact) mass is 376 g/mol. The molecule has 1 heterocycles. The van der Waals surface area contributed by atoms with Crippen molar-refractivity contribution in [1.29, 1.82) is 0 Å². The van der Waals surface area contributed by atoms with Gasteiger partial charge in [0.15, 0.2) is 11.6 Å². The lowest BCUT2D eigenvalue weighted by molar-refractivity contribution is 0.338. The number of benzene rings is 2. The summed E-state index contributed by atoms with van der Waals surface area (Å²) in [6, 6.07) is 16.3. The average molecular weight is 377 g/mol. The Morgan fingerprint density at radius 1 is 0.962 bits per heavy atom. The van der Waals surface area contributed by atoms with Gasteiger partial charge < -0.3 is 0 Å². The molecule has 0 spiro atoms. The molecule has 0 saturated carbocycles. The summed E-state index contributed by atoms with van der Waals surface area (Å²) in [4.78, 5) is 0. The zero-order valence-corrected chi connectivity index (χ0v) is 16.5. The minimum Gasteiger partial charge on any atom is -0.248 e. The third-order valence-electron chi connectivity index (χ3n) is 5.70. The third-order valence-corrected chi connectivity index (χ3v) is 9.22. The molecular weight excluding hydrogens is 349 g/mol. The molecule has 0 bridgehead atoms. The number of hydrogen-bond acceptors (Lipinski definition) is 0. The van der Waals surface area contributed by atoms with E-state index in [0.29, 0.717) is 11.5 Å². The summed E-state index contributed by atoms with van der Waals surface area (Å²) in [5.74, 6) is -1.01. The van der Waals surface area contributed by atoms with Crippen molar-refractivity contribution in [2.45, 2.75) is 62.8 Å². The van der Waals surface area contributed by atoms with Gasteiger partial charge in [0, 0.05) is 8.80 Å². The predicted molar refractivity (Wildman–Crippen MR) is 105 cm³/mol. The second kappa shape index (κ2) is 8.89. The van der Waals surface area contributed by atoms with Crippen molar-refractivity contribution in [2.24, 2.45) is 0 Å². The van der Waals surface area contributed by atoms with Gasteiger partial charge in [-0.25, -0.2) is 13.2 Å². The molecule has 1 saturated heterocycles. The standard InChI is InChI=1S/C22H27F3Si/c1-16(23)3-2-12-26-13-10-19(11-14-26)17-4-6-18(7-5-17)20-8-9-21(24)22(25)15-20/h4-9,15-16,19,26H,2-3,10-14H2,1H3. The van der Waals surface area contributed by atoms with Gasteiger partial charge in [-0.3, -0.25) is 0 Å². The molecule has 1 unspecified atom stereocenters. The molecule has 4 heteroatoms. The highest BCUT2D eigenvalue weighted by Crippen LogP contribution is 2.36. The molecule has 1 atom stereocenters. The fraction of sp³-hybridized carbons (Fsp3) is 0.455. The fourth-order valence-electron chi connectivity index (χ4n) is 4.10. The lowest BCUT2D eigenvalue weighted by Gasteiger charge is -2.28. The quantitative estimate of drug-likeness (QED) is 0.482. The Morgan fingerprint density at radius 2 is 1.62 bits per heavy atom. The summed E-state index contributed by atoms with van der Waals surface area (Å²) >= 11 is 0. The van der Waals surface area contributed by atoms with Crippen molar-refractivity contribution < 1.29 is 13.2 Å². The van der Waals surface area contributed by atoms with Crippen LogP contribution in [0.25, 0.3) is 11.1 Å². The van der Waals surface area contributed by atoms with E-state index >= 15 is 0 Å². The van der Waals surface area contributed by atoms with E-state index in [1.165, 1.54) is 48.7 Å². The van der Waals surface area contributed by atoms with Crippen LogP contribution in [0.15, 0.2) is 42.5 Å². The van der Waals surface area contributed by atoms with Crippen molar-refractivity contribution in [3.8, 4) is 11.1 Å². The molecule has 1 aliphatic rings. The Labute approximate surface area is 156 Å². The molecule has 0 N–H and O–H groups in total. The maximum Gasteiger partial charge on any atom is 0.159 e. The number of alkyl halides is 1. The van der Waals surface area contributed by atoms with Crippen LogP contribution >= 0.6 is 0 Å². The first-order chi connectivity index (χ1) is 12.5.